The number of aromatic amines is 1. The Labute approximate surface area is 207 Å². The lowest BCUT2D eigenvalue weighted by Crippen LogP contribution is -2.43. The molecule has 1 aromatic heterocycles. The van der Waals surface area contributed by atoms with Crippen molar-refractivity contribution in [2.75, 3.05) is 19.6 Å². The molecule has 0 saturated heterocycles. The topological polar surface area (TPSA) is 114 Å². The number of ketones is 1. The fraction of sp³-hybridized carbons (Fsp3) is 0.259. The van der Waals surface area contributed by atoms with Crippen molar-refractivity contribution in [3.8, 4) is 22.8 Å². The first-order valence-electron chi connectivity index (χ1n) is 11.7. The lowest BCUT2D eigenvalue weighted by Gasteiger charge is -2.38. The van der Waals surface area contributed by atoms with Gasteiger partial charge < -0.3 is 9.47 Å². The molecule has 36 heavy (non-hydrogen) atoms. The van der Waals surface area contributed by atoms with Crippen molar-refractivity contribution in [3.05, 3.63) is 81.8 Å². The van der Waals surface area contributed by atoms with Crippen molar-refractivity contribution in [1.29, 1.82) is 0 Å². The molecule has 1 atom stereocenters. The maximum atomic E-state index is 13.5. The molecule has 3 aromatic rings. The Hall–Kier alpha value is -4.40. The number of hydrazine groups is 1. The number of methoxy groups -OCH3 is 2. The lowest BCUT2D eigenvalue weighted by atomic mass is 9.77. The molecule has 0 spiro atoms. The number of Topliss-reactive ketones (excluding diaryl/α,β-unsaturated/α-hetero) is 1. The second kappa shape index (κ2) is 9.69. The largest absolute Gasteiger partial charge is 0.493 e. The van der Waals surface area contributed by atoms with E-state index in [9.17, 15) is 14.4 Å². The van der Waals surface area contributed by atoms with Crippen LogP contribution in [0.5, 0.6) is 11.5 Å². The van der Waals surface area contributed by atoms with E-state index in [4.69, 9.17) is 9.47 Å². The van der Waals surface area contributed by atoms with Crippen LogP contribution in [0.3, 0.4) is 0 Å². The number of hydrogen-bond donors (Lipinski definition) is 2. The summed E-state index contributed by atoms with van der Waals surface area (Å²) in [7, 11) is 3.11. The van der Waals surface area contributed by atoms with Gasteiger partial charge in [0.05, 0.1) is 25.6 Å². The SMILES string of the molecule is COc1ccc(C2CC(=O)N(Nc3cc(=O)[nH]nc3-c3ccccc3)C3=C2C(=O)CCC3)cc1OC. The summed E-state index contributed by atoms with van der Waals surface area (Å²) in [5.41, 5.74) is 6.41. The van der Waals surface area contributed by atoms with Gasteiger partial charge >= 0.3 is 0 Å². The molecule has 184 valence electrons. The van der Waals surface area contributed by atoms with E-state index in [2.05, 4.69) is 15.6 Å². The molecule has 5 rings (SSSR count). The van der Waals surface area contributed by atoms with Gasteiger partial charge in [0.25, 0.3) is 5.56 Å². The van der Waals surface area contributed by atoms with Gasteiger partial charge in [0.15, 0.2) is 17.3 Å². The number of benzene rings is 2. The molecule has 1 aliphatic carbocycles. The molecule has 1 amide bonds. The van der Waals surface area contributed by atoms with Crippen molar-refractivity contribution >= 4 is 17.4 Å². The zero-order valence-electron chi connectivity index (χ0n) is 20.0. The number of nitrogens with one attached hydrogen (secondary N) is 2. The maximum Gasteiger partial charge on any atom is 0.266 e. The fourth-order valence-electron chi connectivity index (χ4n) is 4.90. The average molecular weight is 487 g/mol. The number of allylic oxidation sites excluding steroid dienone is 2. The second-order valence-corrected chi connectivity index (χ2v) is 8.71. The predicted octanol–water partition coefficient (Wildman–Crippen LogP) is 3.80. The van der Waals surface area contributed by atoms with Gasteiger partial charge in [-0.15, -0.1) is 0 Å². The average Bonchev–Trinajstić information content (AvgIpc) is 2.90. The Kier molecular flexibility index (Phi) is 6.28. The first-order valence-corrected chi connectivity index (χ1v) is 11.7. The van der Waals surface area contributed by atoms with Gasteiger partial charge in [-0.3, -0.25) is 19.8 Å². The van der Waals surface area contributed by atoms with Crippen molar-refractivity contribution in [1.82, 2.24) is 15.2 Å². The van der Waals surface area contributed by atoms with Gasteiger partial charge in [-0.1, -0.05) is 36.4 Å². The standard InChI is InChI=1S/C27H26N4O5/c1-35-22-12-11-17(13-23(22)36-2)18-14-25(34)31(20-9-6-10-21(32)26(18)20)30-19-15-24(33)28-29-27(19)16-7-4-3-5-8-16/h3-5,7-8,11-13,15,18H,6,9-10,14H2,1-2H3,(H2,28,30,33). The van der Waals surface area contributed by atoms with Crippen molar-refractivity contribution < 1.29 is 19.1 Å². The van der Waals surface area contributed by atoms with Crippen molar-refractivity contribution in [3.63, 3.8) is 0 Å². The summed E-state index contributed by atoms with van der Waals surface area (Å²) < 4.78 is 10.8. The van der Waals surface area contributed by atoms with Crippen molar-refractivity contribution in [2.45, 2.75) is 31.6 Å². The normalized spacial score (nSPS) is 17.6. The number of H-pyrrole nitrogens is 1. The number of amides is 1. The Bertz CT molecular complexity index is 1410. The Morgan fingerprint density at radius 3 is 2.50 bits per heavy atom. The Balaban J connectivity index is 1.58. The number of hydrogen-bond acceptors (Lipinski definition) is 7. The molecule has 2 N–H and O–H groups in total. The third-order valence-electron chi connectivity index (χ3n) is 6.57. The van der Waals surface area contributed by atoms with Crippen LogP contribution < -0.4 is 20.5 Å². The van der Waals surface area contributed by atoms with Crippen LogP contribution in [0.25, 0.3) is 11.3 Å². The molecule has 0 bridgehead atoms. The number of rotatable bonds is 6. The van der Waals surface area contributed by atoms with Crippen molar-refractivity contribution in [2.24, 2.45) is 0 Å². The molecular formula is C27H26N4O5. The van der Waals surface area contributed by atoms with Gasteiger partial charge in [0, 0.05) is 36.0 Å². The molecule has 0 saturated carbocycles. The summed E-state index contributed by atoms with van der Waals surface area (Å²) in [6.45, 7) is 0. The van der Waals surface area contributed by atoms with Crippen LogP contribution in [0.1, 0.15) is 37.2 Å². The third-order valence-corrected chi connectivity index (χ3v) is 6.57. The summed E-state index contributed by atoms with van der Waals surface area (Å²) in [5.74, 6) is 0.524. The first-order chi connectivity index (χ1) is 17.5. The van der Waals surface area contributed by atoms with E-state index in [1.807, 2.05) is 42.5 Å². The van der Waals surface area contributed by atoms with E-state index in [-0.39, 0.29) is 18.1 Å². The van der Waals surface area contributed by atoms with Crippen LogP contribution in [-0.2, 0) is 9.59 Å². The number of anilines is 1. The lowest BCUT2D eigenvalue weighted by molar-refractivity contribution is -0.130. The van der Waals surface area contributed by atoms with Gasteiger partial charge in [-0.2, -0.15) is 5.10 Å². The first kappa shape index (κ1) is 23.3. The molecular weight excluding hydrogens is 460 g/mol. The van der Waals surface area contributed by atoms with E-state index in [0.717, 1.165) is 11.1 Å². The zero-order chi connectivity index (χ0) is 25.2. The number of carbonyl (C=O) groups excluding carboxylic acids is 2. The van der Waals surface area contributed by atoms with Gasteiger partial charge in [-0.25, -0.2) is 10.1 Å². The third kappa shape index (κ3) is 4.24. The second-order valence-electron chi connectivity index (χ2n) is 8.71. The molecule has 0 fully saturated rings. The molecule has 9 nitrogen and oxygen atoms in total. The quantitative estimate of drug-likeness (QED) is 0.545. The highest BCUT2D eigenvalue weighted by Gasteiger charge is 2.40. The molecule has 0 radical (unpaired) electrons. The summed E-state index contributed by atoms with van der Waals surface area (Å²) in [4.78, 5) is 38.8. The highest BCUT2D eigenvalue weighted by atomic mass is 16.5. The molecule has 1 aliphatic heterocycles. The fourth-order valence-corrected chi connectivity index (χ4v) is 4.90. The number of carbonyl (C=O) groups is 2. The van der Waals surface area contributed by atoms with E-state index in [0.29, 0.717) is 53.4 Å². The Morgan fingerprint density at radius 1 is 0.972 bits per heavy atom. The number of nitrogens with zero attached hydrogens (tertiary/aromatic N) is 2. The van der Waals surface area contributed by atoms with E-state index < -0.39 is 11.5 Å². The highest BCUT2D eigenvalue weighted by Crippen LogP contribution is 2.43. The molecule has 1 unspecified atom stereocenters. The maximum absolute atomic E-state index is 13.5. The molecule has 9 heteroatoms. The minimum atomic E-state index is -0.404. The van der Waals surface area contributed by atoms with E-state index in [1.165, 1.54) is 11.1 Å². The van der Waals surface area contributed by atoms with Crippen LogP contribution >= 0.6 is 0 Å². The van der Waals surface area contributed by atoms with E-state index in [1.54, 1.807) is 20.3 Å². The van der Waals surface area contributed by atoms with Crippen LogP contribution in [0.2, 0.25) is 0 Å². The molecule has 2 aromatic carbocycles. The van der Waals surface area contributed by atoms with Crippen LogP contribution in [0.4, 0.5) is 5.69 Å². The zero-order valence-corrected chi connectivity index (χ0v) is 20.0. The number of aromatic nitrogens is 2. The van der Waals surface area contributed by atoms with Gasteiger partial charge in [0.2, 0.25) is 5.91 Å². The summed E-state index contributed by atoms with van der Waals surface area (Å²) in [5, 5.41) is 8.09. The monoisotopic (exact) mass is 486 g/mol. The number of ether oxygens (including phenoxy) is 2. The predicted molar refractivity (Wildman–Crippen MR) is 134 cm³/mol. The smallest absolute Gasteiger partial charge is 0.266 e. The highest BCUT2D eigenvalue weighted by molar-refractivity contribution is 6.01. The summed E-state index contributed by atoms with van der Waals surface area (Å²) in [6, 6.07) is 16.2. The molecule has 2 aliphatic rings. The van der Waals surface area contributed by atoms with Crippen LogP contribution in [0.15, 0.2) is 70.7 Å². The van der Waals surface area contributed by atoms with Gasteiger partial charge in [-0.05, 0) is 30.5 Å². The molecule has 2 heterocycles. The van der Waals surface area contributed by atoms with E-state index >= 15 is 0 Å². The van der Waals surface area contributed by atoms with Crippen LogP contribution in [-0.4, -0.2) is 41.1 Å². The van der Waals surface area contributed by atoms with Gasteiger partial charge in [0.1, 0.15) is 5.69 Å². The minimum Gasteiger partial charge on any atom is -0.493 e. The summed E-state index contributed by atoms with van der Waals surface area (Å²) >= 11 is 0. The Morgan fingerprint density at radius 2 is 1.75 bits per heavy atom. The summed E-state index contributed by atoms with van der Waals surface area (Å²) in [6.07, 6.45) is 1.71. The van der Waals surface area contributed by atoms with Crippen LogP contribution in [0, 0.1) is 0 Å². The minimum absolute atomic E-state index is 0.0163.